The zero-order valence-corrected chi connectivity index (χ0v) is 14.3. The van der Waals surface area contributed by atoms with E-state index in [1.54, 1.807) is 0 Å². The Morgan fingerprint density at radius 1 is 0.654 bits per heavy atom. The Kier molecular flexibility index (Phi) is 4.78. The highest BCUT2D eigenvalue weighted by atomic mass is 16.1. The first-order chi connectivity index (χ1) is 12.8. The second-order valence-electron chi connectivity index (χ2n) is 6.43. The Hall–Kier alpha value is -2.95. The standard InChI is InChI=1S/C22H21N3O/c26-22(18-14-8-3-9-15-18)23-21-19(16-10-4-1-5-11-16)24-25-20(21)17-12-6-2-7-13-17/h1-15,19-21,24-25H,(H,23,26). The summed E-state index contributed by atoms with van der Waals surface area (Å²) in [6, 6.07) is 29.6. The van der Waals surface area contributed by atoms with Crippen LogP contribution in [-0.2, 0) is 0 Å². The van der Waals surface area contributed by atoms with E-state index in [9.17, 15) is 4.79 Å². The summed E-state index contributed by atoms with van der Waals surface area (Å²) in [5, 5.41) is 3.23. The number of amides is 1. The second-order valence-corrected chi connectivity index (χ2v) is 6.43. The minimum absolute atomic E-state index is 0.0194. The molecule has 1 heterocycles. The predicted octanol–water partition coefficient (Wildman–Crippen LogP) is 3.38. The molecule has 1 aliphatic rings. The summed E-state index contributed by atoms with van der Waals surface area (Å²) in [6.07, 6.45) is 0. The molecule has 1 fully saturated rings. The van der Waals surface area contributed by atoms with E-state index in [1.165, 1.54) is 0 Å². The third kappa shape index (κ3) is 3.38. The van der Waals surface area contributed by atoms with Gasteiger partial charge in [0.1, 0.15) is 0 Å². The van der Waals surface area contributed by atoms with E-state index in [2.05, 4.69) is 40.4 Å². The maximum absolute atomic E-state index is 12.8. The molecule has 1 saturated heterocycles. The zero-order chi connectivity index (χ0) is 17.8. The highest BCUT2D eigenvalue weighted by Crippen LogP contribution is 2.31. The lowest BCUT2D eigenvalue weighted by Gasteiger charge is -2.25. The van der Waals surface area contributed by atoms with Crippen LogP contribution < -0.4 is 16.2 Å². The van der Waals surface area contributed by atoms with Crippen molar-refractivity contribution in [1.82, 2.24) is 16.2 Å². The molecule has 3 aromatic rings. The molecule has 2 atom stereocenters. The zero-order valence-electron chi connectivity index (χ0n) is 14.3. The van der Waals surface area contributed by atoms with Gasteiger partial charge in [0.15, 0.2) is 0 Å². The smallest absolute Gasteiger partial charge is 0.251 e. The van der Waals surface area contributed by atoms with E-state index in [0.29, 0.717) is 5.56 Å². The van der Waals surface area contributed by atoms with Crippen LogP contribution in [0.2, 0.25) is 0 Å². The number of hydrazine groups is 1. The molecule has 0 aromatic heterocycles. The van der Waals surface area contributed by atoms with Crippen LogP contribution in [0.5, 0.6) is 0 Å². The lowest BCUT2D eigenvalue weighted by Crippen LogP contribution is -2.41. The Balaban J connectivity index is 1.64. The van der Waals surface area contributed by atoms with Crippen molar-refractivity contribution < 1.29 is 4.79 Å². The van der Waals surface area contributed by atoms with Crippen LogP contribution >= 0.6 is 0 Å². The Morgan fingerprint density at radius 2 is 1.08 bits per heavy atom. The molecule has 26 heavy (non-hydrogen) atoms. The van der Waals surface area contributed by atoms with Gasteiger partial charge in [-0.2, -0.15) is 0 Å². The second kappa shape index (κ2) is 7.52. The van der Waals surface area contributed by atoms with Crippen LogP contribution in [0.4, 0.5) is 0 Å². The predicted molar refractivity (Wildman–Crippen MR) is 102 cm³/mol. The molecular formula is C22H21N3O. The van der Waals surface area contributed by atoms with Gasteiger partial charge >= 0.3 is 0 Å². The molecule has 0 radical (unpaired) electrons. The normalized spacial score (nSPS) is 22.1. The van der Waals surface area contributed by atoms with Gasteiger partial charge in [-0.3, -0.25) is 4.79 Å². The summed E-state index contributed by atoms with van der Waals surface area (Å²) in [4.78, 5) is 12.8. The summed E-state index contributed by atoms with van der Waals surface area (Å²) in [5.41, 5.74) is 9.66. The number of carbonyl (C=O) groups excluding carboxylic acids is 1. The van der Waals surface area contributed by atoms with Gasteiger partial charge in [0.2, 0.25) is 0 Å². The van der Waals surface area contributed by atoms with Gasteiger partial charge < -0.3 is 5.32 Å². The van der Waals surface area contributed by atoms with E-state index in [0.717, 1.165) is 11.1 Å². The maximum atomic E-state index is 12.8. The summed E-state index contributed by atoms with van der Waals surface area (Å²) in [7, 11) is 0. The van der Waals surface area contributed by atoms with Crippen molar-refractivity contribution in [2.24, 2.45) is 0 Å². The van der Waals surface area contributed by atoms with Crippen molar-refractivity contribution in [3.05, 3.63) is 108 Å². The quantitative estimate of drug-likeness (QED) is 0.681. The molecule has 0 bridgehead atoms. The van der Waals surface area contributed by atoms with Crippen molar-refractivity contribution in [3.63, 3.8) is 0 Å². The van der Waals surface area contributed by atoms with Crippen LogP contribution in [-0.4, -0.2) is 11.9 Å². The molecule has 3 aromatic carbocycles. The Labute approximate surface area is 153 Å². The molecule has 0 saturated carbocycles. The highest BCUT2D eigenvalue weighted by Gasteiger charge is 2.38. The SMILES string of the molecule is O=C(NC1C(c2ccccc2)NNC1c1ccccc1)c1ccccc1. The van der Waals surface area contributed by atoms with Gasteiger partial charge in [-0.25, -0.2) is 10.9 Å². The summed E-state index contributed by atoms with van der Waals surface area (Å²) >= 11 is 0. The van der Waals surface area contributed by atoms with E-state index in [1.807, 2.05) is 66.7 Å². The molecule has 4 rings (SSSR count). The largest absolute Gasteiger partial charge is 0.345 e. The molecule has 0 aliphatic carbocycles. The van der Waals surface area contributed by atoms with Gasteiger partial charge in [-0.05, 0) is 23.3 Å². The van der Waals surface area contributed by atoms with Crippen molar-refractivity contribution in [1.29, 1.82) is 0 Å². The number of carbonyl (C=O) groups is 1. The van der Waals surface area contributed by atoms with Crippen LogP contribution in [0.25, 0.3) is 0 Å². The molecule has 4 heteroatoms. The fraction of sp³-hybridized carbons (Fsp3) is 0.136. The molecule has 1 amide bonds. The Bertz CT molecular complexity index is 805. The number of benzene rings is 3. The van der Waals surface area contributed by atoms with Crippen molar-refractivity contribution >= 4 is 5.91 Å². The van der Waals surface area contributed by atoms with Crippen molar-refractivity contribution in [2.45, 2.75) is 18.1 Å². The fourth-order valence-corrected chi connectivity index (χ4v) is 3.44. The lowest BCUT2D eigenvalue weighted by atomic mass is 9.92. The van der Waals surface area contributed by atoms with Crippen LogP contribution in [0.15, 0.2) is 91.0 Å². The Morgan fingerprint density at radius 3 is 1.54 bits per heavy atom. The molecule has 2 unspecified atom stereocenters. The molecule has 130 valence electrons. The number of hydrogen-bond donors (Lipinski definition) is 3. The van der Waals surface area contributed by atoms with Crippen LogP contribution in [0, 0.1) is 0 Å². The lowest BCUT2D eigenvalue weighted by molar-refractivity contribution is 0.0929. The van der Waals surface area contributed by atoms with Gasteiger partial charge in [0.25, 0.3) is 5.91 Å². The molecule has 3 N–H and O–H groups in total. The van der Waals surface area contributed by atoms with Gasteiger partial charge in [0.05, 0.1) is 18.1 Å². The number of nitrogens with one attached hydrogen (secondary N) is 3. The monoisotopic (exact) mass is 343 g/mol. The highest BCUT2D eigenvalue weighted by molar-refractivity contribution is 5.94. The average Bonchev–Trinajstić information content (AvgIpc) is 3.13. The minimum Gasteiger partial charge on any atom is -0.345 e. The first-order valence-electron chi connectivity index (χ1n) is 8.80. The van der Waals surface area contributed by atoms with E-state index in [-0.39, 0.29) is 24.0 Å². The fourth-order valence-electron chi connectivity index (χ4n) is 3.44. The maximum Gasteiger partial charge on any atom is 0.251 e. The molecule has 0 spiro atoms. The van der Waals surface area contributed by atoms with Crippen LogP contribution in [0.1, 0.15) is 33.6 Å². The van der Waals surface area contributed by atoms with Crippen molar-refractivity contribution in [2.75, 3.05) is 0 Å². The van der Waals surface area contributed by atoms with Gasteiger partial charge in [-0.1, -0.05) is 78.9 Å². The van der Waals surface area contributed by atoms with E-state index in [4.69, 9.17) is 0 Å². The van der Waals surface area contributed by atoms with Gasteiger partial charge in [-0.15, -0.1) is 0 Å². The van der Waals surface area contributed by atoms with E-state index < -0.39 is 0 Å². The summed E-state index contributed by atoms with van der Waals surface area (Å²) < 4.78 is 0. The third-order valence-electron chi connectivity index (χ3n) is 4.76. The first kappa shape index (κ1) is 16.5. The molecule has 4 nitrogen and oxygen atoms in total. The topological polar surface area (TPSA) is 53.2 Å². The number of rotatable bonds is 4. The average molecular weight is 343 g/mol. The van der Waals surface area contributed by atoms with Gasteiger partial charge in [0, 0.05) is 5.56 Å². The molecule has 1 aliphatic heterocycles. The van der Waals surface area contributed by atoms with Crippen molar-refractivity contribution in [3.8, 4) is 0 Å². The third-order valence-corrected chi connectivity index (χ3v) is 4.76. The van der Waals surface area contributed by atoms with E-state index >= 15 is 0 Å². The first-order valence-corrected chi connectivity index (χ1v) is 8.80. The molecular weight excluding hydrogens is 322 g/mol. The van der Waals surface area contributed by atoms with Crippen LogP contribution in [0.3, 0.4) is 0 Å². The summed E-state index contributed by atoms with van der Waals surface area (Å²) in [6.45, 7) is 0. The number of hydrogen-bond acceptors (Lipinski definition) is 3. The summed E-state index contributed by atoms with van der Waals surface area (Å²) in [5.74, 6) is -0.0667. The minimum atomic E-state index is -0.118.